The van der Waals surface area contributed by atoms with Crippen LogP contribution in [-0.4, -0.2) is 18.2 Å². The predicted molar refractivity (Wildman–Crippen MR) is 36.1 cm³/mol. The van der Waals surface area contributed by atoms with E-state index in [1.165, 1.54) is 0 Å². The summed E-state index contributed by atoms with van der Waals surface area (Å²) in [5.74, 6) is -0.346. The second kappa shape index (κ2) is 2.31. The minimum absolute atomic E-state index is 0.129. The van der Waals surface area contributed by atoms with Gasteiger partial charge in [0.1, 0.15) is 5.66 Å². The van der Waals surface area contributed by atoms with Crippen molar-refractivity contribution in [3.63, 3.8) is 0 Å². The molecule has 0 spiro atoms. The molecule has 56 valence electrons. The Morgan fingerprint density at radius 2 is 2.30 bits per heavy atom. The normalized spacial score (nSPS) is 30.6. The first-order valence-electron chi connectivity index (χ1n) is 3.07. The Morgan fingerprint density at radius 1 is 1.70 bits per heavy atom. The van der Waals surface area contributed by atoms with Crippen LogP contribution in [-0.2, 0) is 14.1 Å². The lowest BCUT2D eigenvalue weighted by atomic mass is 9.92. The van der Waals surface area contributed by atoms with E-state index in [4.69, 9.17) is 4.74 Å². The molecule has 1 fully saturated rings. The standard InChI is InChI=1S/C6H9O3P/c1-6(2)3-9-5(7)4(6)10-8/h4H,3H2,1-2H3. The highest BCUT2D eigenvalue weighted by Gasteiger charge is 2.44. The van der Waals surface area contributed by atoms with Crippen LogP contribution in [0.25, 0.3) is 0 Å². The number of carbonyl (C=O) groups is 1. The fourth-order valence-electron chi connectivity index (χ4n) is 0.920. The lowest BCUT2D eigenvalue weighted by Gasteiger charge is -2.14. The molecule has 0 radical (unpaired) electrons. The summed E-state index contributed by atoms with van der Waals surface area (Å²) in [6, 6.07) is 0. The van der Waals surface area contributed by atoms with Crippen LogP contribution < -0.4 is 0 Å². The molecule has 1 aliphatic heterocycles. The maximum atomic E-state index is 10.8. The highest BCUT2D eigenvalue weighted by atomic mass is 31.1. The number of hydrogen-bond acceptors (Lipinski definition) is 3. The van der Waals surface area contributed by atoms with Crippen molar-refractivity contribution in [3.8, 4) is 0 Å². The van der Waals surface area contributed by atoms with Gasteiger partial charge in [0.25, 0.3) is 0 Å². The van der Waals surface area contributed by atoms with Crippen molar-refractivity contribution < 1.29 is 14.1 Å². The van der Waals surface area contributed by atoms with E-state index in [1.54, 1.807) is 0 Å². The number of esters is 1. The number of ether oxygens (including phenoxy) is 1. The molecule has 1 aliphatic rings. The van der Waals surface area contributed by atoms with E-state index >= 15 is 0 Å². The maximum absolute atomic E-state index is 10.8. The summed E-state index contributed by atoms with van der Waals surface area (Å²) >= 11 is 0. The summed E-state index contributed by atoms with van der Waals surface area (Å²) in [6.07, 6.45) is 0. The molecule has 0 aliphatic carbocycles. The Kier molecular flexibility index (Phi) is 1.78. The molecular weight excluding hydrogens is 151 g/mol. The van der Waals surface area contributed by atoms with Gasteiger partial charge in [-0.2, -0.15) is 0 Å². The molecule has 4 heteroatoms. The van der Waals surface area contributed by atoms with Gasteiger partial charge in [-0.3, -0.25) is 9.36 Å². The Bertz CT molecular complexity index is 176. The molecule has 1 atom stereocenters. The SMILES string of the molecule is CC1(C)COC(=O)C1P=O. The summed E-state index contributed by atoms with van der Waals surface area (Å²) in [5.41, 5.74) is -0.729. The van der Waals surface area contributed by atoms with Gasteiger partial charge in [0, 0.05) is 5.41 Å². The van der Waals surface area contributed by atoms with Crippen molar-refractivity contribution >= 4 is 14.4 Å². The smallest absolute Gasteiger partial charge is 0.321 e. The molecule has 1 saturated heterocycles. The van der Waals surface area contributed by atoms with Crippen LogP contribution in [0.5, 0.6) is 0 Å². The molecule has 1 heterocycles. The molecule has 0 amide bonds. The van der Waals surface area contributed by atoms with E-state index in [0.717, 1.165) is 0 Å². The third-order valence-electron chi connectivity index (χ3n) is 1.66. The second-order valence-electron chi connectivity index (χ2n) is 3.10. The molecule has 3 nitrogen and oxygen atoms in total. The zero-order valence-electron chi connectivity index (χ0n) is 5.96. The van der Waals surface area contributed by atoms with Gasteiger partial charge in [-0.1, -0.05) is 13.8 Å². The van der Waals surface area contributed by atoms with Crippen molar-refractivity contribution in [1.29, 1.82) is 0 Å². The average molecular weight is 160 g/mol. The van der Waals surface area contributed by atoms with Crippen molar-refractivity contribution in [2.45, 2.75) is 19.5 Å². The van der Waals surface area contributed by atoms with E-state index in [2.05, 4.69) is 0 Å². The first-order chi connectivity index (χ1) is 4.58. The van der Waals surface area contributed by atoms with Crippen LogP contribution >= 0.6 is 8.46 Å². The topological polar surface area (TPSA) is 43.4 Å². The summed E-state index contributed by atoms with van der Waals surface area (Å²) in [7, 11) is -0.129. The average Bonchev–Trinajstić information content (AvgIpc) is 2.07. The minimum Gasteiger partial charge on any atom is -0.464 e. The molecular formula is C6H9O3P. The monoisotopic (exact) mass is 160 g/mol. The van der Waals surface area contributed by atoms with E-state index < -0.39 is 5.66 Å². The molecule has 0 aromatic heterocycles. The third kappa shape index (κ3) is 1.06. The van der Waals surface area contributed by atoms with Gasteiger partial charge >= 0.3 is 5.97 Å². The number of rotatable bonds is 1. The van der Waals surface area contributed by atoms with Crippen molar-refractivity contribution in [2.24, 2.45) is 5.41 Å². The van der Waals surface area contributed by atoms with Gasteiger partial charge in [-0.05, 0) is 0 Å². The van der Waals surface area contributed by atoms with Crippen molar-refractivity contribution in [2.75, 3.05) is 6.61 Å². The largest absolute Gasteiger partial charge is 0.464 e. The van der Waals surface area contributed by atoms with Crippen LogP contribution in [0, 0.1) is 5.41 Å². The number of cyclic esters (lactones) is 1. The Morgan fingerprint density at radius 3 is 2.50 bits per heavy atom. The van der Waals surface area contributed by atoms with Gasteiger partial charge in [-0.25, -0.2) is 0 Å². The first-order valence-corrected chi connectivity index (χ1v) is 3.95. The molecule has 10 heavy (non-hydrogen) atoms. The molecule has 0 N–H and O–H groups in total. The molecule has 0 bridgehead atoms. The highest BCUT2D eigenvalue weighted by molar-refractivity contribution is 7.26. The van der Waals surface area contributed by atoms with Crippen LogP contribution in [0.4, 0.5) is 0 Å². The fraction of sp³-hybridized carbons (Fsp3) is 0.833. The van der Waals surface area contributed by atoms with Crippen LogP contribution in [0.3, 0.4) is 0 Å². The molecule has 0 aromatic rings. The maximum Gasteiger partial charge on any atom is 0.321 e. The van der Waals surface area contributed by atoms with Gasteiger partial charge < -0.3 is 4.74 Å². The second-order valence-corrected chi connectivity index (χ2v) is 3.83. The minimum atomic E-state index is -0.465. The number of carbonyl (C=O) groups excluding carboxylic acids is 1. The fourth-order valence-corrected chi connectivity index (χ4v) is 1.44. The van der Waals surface area contributed by atoms with E-state index in [9.17, 15) is 9.36 Å². The Balaban J connectivity index is 2.82. The van der Waals surface area contributed by atoms with Gasteiger partial charge in [0.15, 0.2) is 8.46 Å². The Hall–Kier alpha value is -0.430. The summed E-state index contributed by atoms with van der Waals surface area (Å²) in [4.78, 5) is 10.8. The van der Waals surface area contributed by atoms with Crippen molar-refractivity contribution in [1.82, 2.24) is 0 Å². The molecule has 1 unspecified atom stereocenters. The zero-order chi connectivity index (χ0) is 7.78. The van der Waals surface area contributed by atoms with E-state index in [-0.39, 0.29) is 19.8 Å². The van der Waals surface area contributed by atoms with Crippen molar-refractivity contribution in [3.05, 3.63) is 0 Å². The van der Waals surface area contributed by atoms with E-state index in [0.29, 0.717) is 6.61 Å². The first kappa shape index (κ1) is 7.67. The quantitative estimate of drug-likeness (QED) is 0.428. The third-order valence-corrected chi connectivity index (χ3v) is 2.78. The van der Waals surface area contributed by atoms with E-state index in [1.807, 2.05) is 13.8 Å². The number of hydrogen-bond donors (Lipinski definition) is 0. The van der Waals surface area contributed by atoms with Gasteiger partial charge in [0.2, 0.25) is 0 Å². The van der Waals surface area contributed by atoms with Crippen LogP contribution in [0.1, 0.15) is 13.8 Å². The summed E-state index contributed by atoms with van der Waals surface area (Å²) in [6.45, 7) is 4.12. The van der Waals surface area contributed by atoms with Gasteiger partial charge in [-0.15, -0.1) is 0 Å². The Labute approximate surface area is 61.0 Å². The van der Waals surface area contributed by atoms with Crippen LogP contribution in [0.15, 0.2) is 0 Å². The molecule has 1 rings (SSSR count). The zero-order valence-corrected chi connectivity index (χ0v) is 6.85. The van der Waals surface area contributed by atoms with Crippen LogP contribution in [0.2, 0.25) is 0 Å². The molecule has 0 saturated carbocycles. The molecule has 0 aromatic carbocycles. The predicted octanol–water partition coefficient (Wildman–Crippen LogP) is 1.23. The lowest BCUT2D eigenvalue weighted by Crippen LogP contribution is -2.24. The summed E-state index contributed by atoms with van der Waals surface area (Å²) in [5, 5.41) is 0. The highest BCUT2D eigenvalue weighted by Crippen LogP contribution is 2.36. The summed E-state index contributed by atoms with van der Waals surface area (Å²) < 4.78 is 15.2. The van der Waals surface area contributed by atoms with Gasteiger partial charge in [0.05, 0.1) is 6.61 Å². The lowest BCUT2D eigenvalue weighted by molar-refractivity contribution is -0.137.